The van der Waals surface area contributed by atoms with Gasteiger partial charge in [0, 0.05) is 12.6 Å². The molecule has 2 N–H and O–H groups in total. The standard InChI is InChI=1S/C23H17N7/c1-2-7-15(8-3-1)13-19-26-16-9-6-10-17(21(16)28-19)27-22-20-18-11-4-5-12-30(18)29-23(20)25-14-24-22/h1-12,14H,13H2,(H,26,28)(H,24,25,27,29). The molecule has 0 unspecified atom stereocenters. The number of aromatic nitrogens is 6. The lowest BCUT2D eigenvalue weighted by Gasteiger charge is -2.07. The first kappa shape index (κ1) is 16.7. The van der Waals surface area contributed by atoms with E-state index in [0.717, 1.165) is 39.9 Å². The van der Waals surface area contributed by atoms with Crippen molar-refractivity contribution >= 4 is 39.1 Å². The molecule has 0 fully saturated rings. The fraction of sp³-hybridized carbons (Fsp3) is 0.0435. The molecule has 6 rings (SSSR count). The molecule has 0 saturated heterocycles. The Morgan fingerprint density at radius 1 is 0.900 bits per heavy atom. The van der Waals surface area contributed by atoms with Crippen LogP contribution < -0.4 is 5.32 Å². The van der Waals surface area contributed by atoms with Gasteiger partial charge < -0.3 is 10.3 Å². The van der Waals surface area contributed by atoms with Crippen molar-refractivity contribution in [2.24, 2.45) is 0 Å². The summed E-state index contributed by atoms with van der Waals surface area (Å²) < 4.78 is 1.82. The molecule has 0 atom stereocenters. The van der Waals surface area contributed by atoms with Crippen molar-refractivity contribution in [1.82, 2.24) is 29.5 Å². The van der Waals surface area contributed by atoms with Crippen LogP contribution in [-0.2, 0) is 6.42 Å². The molecular formula is C23H17N7. The number of aromatic amines is 1. The van der Waals surface area contributed by atoms with Gasteiger partial charge in [0.05, 0.1) is 22.1 Å². The number of hydrogen-bond acceptors (Lipinski definition) is 5. The molecule has 0 aliphatic carbocycles. The van der Waals surface area contributed by atoms with Crippen molar-refractivity contribution < 1.29 is 0 Å². The van der Waals surface area contributed by atoms with Gasteiger partial charge in [-0.25, -0.2) is 19.5 Å². The monoisotopic (exact) mass is 391 g/mol. The largest absolute Gasteiger partial charge is 0.342 e. The number of anilines is 2. The number of hydrogen-bond donors (Lipinski definition) is 2. The molecule has 0 amide bonds. The van der Waals surface area contributed by atoms with Gasteiger partial charge in [-0.2, -0.15) is 0 Å². The number of rotatable bonds is 4. The van der Waals surface area contributed by atoms with Gasteiger partial charge in [0.15, 0.2) is 5.65 Å². The van der Waals surface area contributed by atoms with Crippen molar-refractivity contribution in [2.75, 3.05) is 5.32 Å². The van der Waals surface area contributed by atoms with Gasteiger partial charge in [-0.3, -0.25) is 0 Å². The van der Waals surface area contributed by atoms with E-state index < -0.39 is 0 Å². The quantitative estimate of drug-likeness (QED) is 0.463. The second-order valence-electron chi connectivity index (χ2n) is 7.12. The summed E-state index contributed by atoms with van der Waals surface area (Å²) in [7, 11) is 0. The number of pyridine rings is 1. The predicted molar refractivity (Wildman–Crippen MR) is 117 cm³/mol. The predicted octanol–water partition coefficient (Wildman–Crippen LogP) is 4.49. The van der Waals surface area contributed by atoms with Crippen LogP contribution in [-0.4, -0.2) is 29.5 Å². The van der Waals surface area contributed by atoms with Gasteiger partial charge in [0.1, 0.15) is 23.5 Å². The number of nitrogens with one attached hydrogen (secondary N) is 2. The maximum Gasteiger partial charge on any atom is 0.187 e. The van der Waals surface area contributed by atoms with Gasteiger partial charge >= 0.3 is 0 Å². The summed E-state index contributed by atoms with van der Waals surface area (Å²) in [5, 5.41) is 8.88. The van der Waals surface area contributed by atoms with Crippen molar-refractivity contribution in [3.8, 4) is 0 Å². The number of nitrogens with zero attached hydrogens (tertiary/aromatic N) is 5. The smallest absolute Gasteiger partial charge is 0.187 e. The minimum Gasteiger partial charge on any atom is -0.342 e. The zero-order chi connectivity index (χ0) is 19.9. The number of para-hydroxylation sites is 1. The van der Waals surface area contributed by atoms with Crippen molar-refractivity contribution in [2.45, 2.75) is 6.42 Å². The lowest BCUT2D eigenvalue weighted by Crippen LogP contribution is -1.96. The van der Waals surface area contributed by atoms with Crippen molar-refractivity contribution in [1.29, 1.82) is 0 Å². The van der Waals surface area contributed by atoms with Crippen molar-refractivity contribution in [3.05, 3.63) is 90.6 Å². The molecule has 6 aromatic rings. The zero-order valence-electron chi connectivity index (χ0n) is 15.9. The van der Waals surface area contributed by atoms with Crippen molar-refractivity contribution in [3.63, 3.8) is 0 Å². The third-order valence-corrected chi connectivity index (χ3v) is 5.15. The van der Waals surface area contributed by atoms with E-state index in [1.807, 2.05) is 65.3 Å². The summed E-state index contributed by atoms with van der Waals surface area (Å²) in [6.45, 7) is 0. The highest BCUT2D eigenvalue weighted by atomic mass is 15.2. The van der Waals surface area contributed by atoms with E-state index in [0.29, 0.717) is 11.5 Å². The fourth-order valence-corrected chi connectivity index (χ4v) is 3.79. The summed E-state index contributed by atoms with van der Waals surface area (Å²) in [5.74, 6) is 1.63. The number of benzene rings is 2. The Hall–Kier alpha value is -4.26. The summed E-state index contributed by atoms with van der Waals surface area (Å²) in [6, 6.07) is 22.3. The van der Waals surface area contributed by atoms with E-state index in [9.17, 15) is 0 Å². The minimum absolute atomic E-state index is 0.651. The molecule has 7 nitrogen and oxygen atoms in total. The first-order valence-corrected chi connectivity index (χ1v) is 9.72. The topological polar surface area (TPSA) is 83.8 Å². The molecule has 0 bridgehead atoms. The molecule has 0 spiro atoms. The summed E-state index contributed by atoms with van der Waals surface area (Å²) in [6.07, 6.45) is 4.19. The SMILES string of the molecule is c1ccc(Cc2nc3c(Nc4ncnc5nn6ccccc6c45)cccc3[nH]2)cc1. The Balaban J connectivity index is 1.43. The second kappa shape index (κ2) is 6.66. The number of H-pyrrole nitrogens is 1. The molecule has 4 heterocycles. The van der Waals surface area contributed by atoms with Gasteiger partial charge in [-0.05, 0) is 29.8 Å². The van der Waals surface area contributed by atoms with E-state index in [-0.39, 0.29) is 0 Å². The Bertz CT molecular complexity index is 1500. The third-order valence-electron chi connectivity index (χ3n) is 5.15. The molecule has 144 valence electrons. The van der Waals surface area contributed by atoms with Crippen LogP contribution in [0.1, 0.15) is 11.4 Å². The molecule has 4 aromatic heterocycles. The normalized spacial score (nSPS) is 11.5. The molecule has 30 heavy (non-hydrogen) atoms. The van der Waals surface area contributed by atoms with Crippen LogP contribution in [0.5, 0.6) is 0 Å². The highest BCUT2D eigenvalue weighted by molar-refractivity contribution is 6.02. The molecule has 0 saturated carbocycles. The Morgan fingerprint density at radius 2 is 1.80 bits per heavy atom. The summed E-state index contributed by atoms with van der Waals surface area (Å²) in [4.78, 5) is 17.1. The second-order valence-corrected chi connectivity index (χ2v) is 7.12. The van der Waals surface area contributed by atoms with Crippen LogP contribution in [0, 0.1) is 0 Å². The first-order chi connectivity index (χ1) is 14.8. The Morgan fingerprint density at radius 3 is 2.73 bits per heavy atom. The van der Waals surface area contributed by atoms with E-state index >= 15 is 0 Å². The van der Waals surface area contributed by atoms with Gasteiger partial charge in [-0.1, -0.05) is 42.5 Å². The van der Waals surface area contributed by atoms with Crippen LogP contribution >= 0.6 is 0 Å². The fourth-order valence-electron chi connectivity index (χ4n) is 3.79. The van der Waals surface area contributed by atoms with Gasteiger partial charge in [-0.15, -0.1) is 5.10 Å². The molecular weight excluding hydrogens is 374 g/mol. The molecule has 0 aliphatic rings. The van der Waals surface area contributed by atoms with E-state index in [1.165, 1.54) is 11.9 Å². The lowest BCUT2D eigenvalue weighted by atomic mass is 10.1. The van der Waals surface area contributed by atoms with Gasteiger partial charge in [0.2, 0.25) is 0 Å². The van der Waals surface area contributed by atoms with Crippen LogP contribution in [0.4, 0.5) is 11.5 Å². The average Bonchev–Trinajstić information content (AvgIpc) is 3.36. The van der Waals surface area contributed by atoms with E-state index in [2.05, 4.69) is 37.5 Å². The Labute approximate surface area is 171 Å². The minimum atomic E-state index is 0.651. The van der Waals surface area contributed by atoms with Crippen LogP contribution in [0.15, 0.2) is 79.3 Å². The summed E-state index contributed by atoms with van der Waals surface area (Å²) in [5.41, 5.74) is 5.57. The highest BCUT2D eigenvalue weighted by Gasteiger charge is 2.14. The maximum atomic E-state index is 4.85. The van der Waals surface area contributed by atoms with Crippen LogP contribution in [0.25, 0.3) is 27.6 Å². The highest BCUT2D eigenvalue weighted by Crippen LogP contribution is 2.30. The zero-order valence-corrected chi connectivity index (χ0v) is 15.9. The van der Waals surface area contributed by atoms with E-state index in [1.54, 1.807) is 0 Å². The molecule has 0 aliphatic heterocycles. The number of fused-ring (bicyclic) bond motifs is 4. The third kappa shape index (κ3) is 2.76. The molecule has 0 radical (unpaired) electrons. The average molecular weight is 391 g/mol. The van der Waals surface area contributed by atoms with Crippen LogP contribution in [0.2, 0.25) is 0 Å². The number of imidazole rings is 1. The van der Waals surface area contributed by atoms with Gasteiger partial charge in [0.25, 0.3) is 0 Å². The molecule has 2 aromatic carbocycles. The van der Waals surface area contributed by atoms with E-state index in [4.69, 9.17) is 4.98 Å². The molecule has 7 heteroatoms. The Kier molecular flexibility index (Phi) is 3.70. The lowest BCUT2D eigenvalue weighted by molar-refractivity contribution is 0.969. The maximum absolute atomic E-state index is 4.85. The van der Waals surface area contributed by atoms with Crippen LogP contribution in [0.3, 0.4) is 0 Å². The summed E-state index contributed by atoms with van der Waals surface area (Å²) >= 11 is 0. The first-order valence-electron chi connectivity index (χ1n) is 9.72.